The van der Waals surface area contributed by atoms with Crippen LogP contribution < -0.4 is 5.73 Å². The van der Waals surface area contributed by atoms with E-state index in [1.54, 1.807) is 7.05 Å². The van der Waals surface area contributed by atoms with E-state index in [0.29, 0.717) is 5.84 Å². The minimum atomic E-state index is 0.531. The topological polar surface area (TPSA) is 51.5 Å². The zero-order valence-electron chi connectivity index (χ0n) is 12.8. The molecule has 0 saturated heterocycles. The smallest absolute Gasteiger partial charge is 0.143 e. The molecule has 4 aromatic rings. The summed E-state index contributed by atoms with van der Waals surface area (Å²) in [6.07, 6.45) is 0. The number of nitrogens with zero attached hydrogens (tertiary/aromatic N) is 1. The van der Waals surface area contributed by atoms with E-state index in [2.05, 4.69) is 35.3 Å². The van der Waals surface area contributed by atoms with Gasteiger partial charge in [0, 0.05) is 28.9 Å². The molecule has 0 bridgehead atoms. The molecule has 0 fully saturated rings. The molecule has 0 unspecified atom stereocenters. The maximum Gasteiger partial charge on any atom is 0.143 e. The van der Waals surface area contributed by atoms with E-state index in [-0.39, 0.29) is 0 Å². The molecule has 0 amide bonds. The van der Waals surface area contributed by atoms with Crippen molar-refractivity contribution in [2.24, 2.45) is 10.7 Å². The van der Waals surface area contributed by atoms with Crippen molar-refractivity contribution in [3.63, 3.8) is 0 Å². The fraction of sp³-hybridized carbons (Fsp3) is 0.0500. The maximum absolute atomic E-state index is 6.10. The minimum Gasteiger partial charge on any atom is -0.455 e. The van der Waals surface area contributed by atoms with Gasteiger partial charge in [-0.2, -0.15) is 0 Å². The molecule has 1 aromatic heterocycles. The van der Waals surface area contributed by atoms with Gasteiger partial charge in [0.25, 0.3) is 0 Å². The zero-order valence-corrected chi connectivity index (χ0v) is 12.8. The van der Waals surface area contributed by atoms with E-state index >= 15 is 0 Å². The standard InChI is InChI=1S/C20H16N2O/c1-22-20(21)14-7-4-6-13(12-14)15-9-5-10-17-16-8-2-3-11-18(16)23-19(15)17/h2-12H,1H3,(H2,21,22). The van der Waals surface area contributed by atoms with Crippen molar-refractivity contribution >= 4 is 27.8 Å². The van der Waals surface area contributed by atoms with Crippen molar-refractivity contribution < 1.29 is 4.42 Å². The van der Waals surface area contributed by atoms with Crippen LogP contribution in [0.2, 0.25) is 0 Å². The molecule has 0 radical (unpaired) electrons. The summed E-state index contributed by atoms with van der Waals surface area (Å²) in [6, 6.07) is 22.4. The van der Waals surface area contributed by atoms with Gasteiger partial charge in [-0.15, -0.1) is 0 Å². The summed E-state index contributed by atoms with van der Waals surface area (Å²) in [5, 5.41) is 2.26. The summed E-state index contributed by atoms with van der Waals surface area (Å²) in [4.78, 5) is 4.06. The molecule has 4 rings (SSSR count). The molecule has 23 heavy (non-hydrogen) atoms. The first-order valence-electron chi connectivity index (χ1n) is 7.51. The largest absolute Gasteiger partial charge is 0.455 e. The van der Waals surface area contributed by atoms with Gasteiger partial charge in [0.1, 0.15) is 17.0 Å². The molecular weight excluding hydrogens is 284 g/mol. The maximum atomic E-state index is 6.10. The minimum absolute atomic E-state index is 0.531. The van der Waals surface area contributed by atoms with Crippen LogP contribution in [0.4, 0.5) is 0 Å². The fourth-order valence-electron chi connectivity index (χ4n) is 2.95. The molecule has 0 spiro atoms. The molecule has 0 aliphatic carbocycles. The molecule has 0 saturated carbocycles. The van der Waals surface area contributed by atoms with Gasteiger partial charge < -0.3 is 10.2 Å². The predicted molar refractivity (Wildman–Crippen MR) is 95.8 cm³/mol. The quantitative estimate of drug-likeness (QED) is 0.435. The highest BCUT2D eigenvalue weighted by molar-refractivity contribution is 6.09. The molecule has 112 valence electrons. The first-order valence-corrected chi connectivity index (χ1v) is 7.51. The molecule has 0 aliphatic heterocycles. The van der Waals surface area contributed by atoms with Crippen molar-refractivity contribution in [1.82, 2.24) is 0 Å². The van der Waals surface area contributed by atoms with Gasteiger partial charge in [0.05, 0.1) is 0 Å². The van der Waals surface area contributed by atoms with Gasteiger partial charge in [-0.05, 0) is 17.7 Å². The normalized spacial score (nSPS) is 12.1. The molecule has 3 aromatic carbocycles. The van der Waals surface area contributed by atoms with E-state index in [1.165, 1.54) is 0 Å². The highest BCUT2D eigenvalue weighted by Crippen LogP contribution is 2.35. The Bertz CT molecular complexity index is 1040. The summed E-state index contributed by atoms with van der Waals surface area (Å²) in [6.45, 7) is 0. The summed E-state index contributed by atoms with van der Waals surface area (Å²) < 4.78 is 6.10. The Labute approximate surface area is 134 Å². The van der Waals surface area contributed by atoms with Gasteiger partial charge in [-0.1, -0.05) is 54.6 Å². The van der Waals surface area contributed by atoms with E-state index in [0.717, 1.165) is 38.6 Å². The van der Waals surface area contributed by atoms with Crippen LogP contribution >= 0.6 is 0 Å². The lowest BCUT2D eigenvalue weighted by Crippen LogP contribution is -2.12. The highest BCUT2D eigenvalue weighted by Gasteiger charge is 2.12. The van der Waals surface area contributed by atoms with Gasteiger partial charge >= 0.3 is 0 Å². The molecule has 0 aliphatic rings. The summed E-state index contributed by atoms with van der Waals surface area (Å²) in [5.74, 6) is 0.531. The van der Waals surface area contributed by atoms with Crippen LogP contribution in [0, 0.1) is 0 Å². The Hall–Kier alpha value is -3.07. The van der Waals surface area contributed by atoms with Crippen molar-refractivity contribution in [2.45, 2.75) is 0 Å². The van der Waals surface area contributed by atoms with E-state index in [1.807, 2.05) is 36.4 Å². The summed E-state index contributed by atoms with van der Waals surface area (Å²) in [5.41, 5.74) is 10.8. The fourth-order valence-corrected chi connectivity index (χ4v) is 2.95. The van der Waals surface area contributed by atoms with Crippen molar-refractivity contribution in [3.8, 4) is 11.1 Å². The van der Waals surface area contributed by atoms with Crippen LogP contribution in [0.1, 0.15) is 5.56 Å². The number of fused-ring (bicyclic) bond motifs is 3. The van der Waals surface area contributed by atoms with Gasteiger partial charge in [-0.25, -0.2) is 0 Å². The second-order valence-corrected chi connectivity index (χ2v) is 5.47. The average Bonchev–Trinajstić information content (AvgIpc) is 3.00. The molecular formula is C20H16N2O. The number of furan rings is 1. The summed E-state index contributed by atoms with van der Waals surface area (Å²) >= 11 is 0. The van der Waals surface area contributed by atoms with Crippen LogP contribution in [-0.2, 0) is 0 Å². The number of nitrogens with two attached hydrogens (primary N) is 1. The first kappa shape index (κ1) is 13.6. The molecule has 2 N–H and O–H groups in total. The van der Waals surface area contributed by atoms with Crippen LogP contribution in [0.3, 0.4) is 0 Å². The molecule has 3 nitrogen and oxygen atoms in total. The van der Waals surface area contributed by atoms with Crippen LogP contribution in [0.5, 0.6) is 0 Å². The third-order valence-corrected chi connectivity index (χ3v) is 4.11. The van der Waals surface area contributed by atoms with Crippen LogP contribution in [-0.4, -0.2) is 12.9 Å². The van der Waals surface area contributed by atoms with Gasteiger partial charge in [0.2, 0.25) is 0 Å². The number of amidine groups is 1. The molecule has 0 atom stereocenters. The number of hydrogen-bond acceptors (Lipinski definition) is 2. The number of para-hydroxylation sites is 2. The third kappa shape index (κ3) is 2.18. The van der Waals surface area contributed by atoms with Crippen molar-refractivity contribution in [2.75, 3.05) is 7.05 Å². The lowest BCUT2D eigenvalue weighted by Gasteiger charge is -2.06. The third-order valence-electron chi connectivity index (χ3n) is 4.11. The second-order valence-electron chi connectivity index (χ2n) is 5.47. The Morgan fingerprint density at radius 3 is 2.57 bits per heavy atom. The van der Waals surface area contributed by atoms with Crippen LogP contribution in [0.25, 0.3) is 33.1 Å². The van der Waals surface area contributed by atoms with E-state index < -0.39 is 0 Å². The Morgan fingerprint density at radius 1 is 0.913 bits per heavy atom. The first-order chi connectivity index (χ1) is 11.3. The SMILES string of the molecule is CN=C(N)c1cccc(-c2cccc3c2oc2ccccc23)c1. The number of benzene rings is 3. The van der Waals surface area contributed by atoms with E-state index in [9.17, 15) is 0 Å². The Balaban J connectivity index is 1.99. The molecule has 3 heteroatoms. The predicted octanol–water partition coefficient (Wildman–Crippen LogP) is 4.59. The van der Waals surface area contributed by atoms with Crippen molar-refractivity contribution in [3.05, 3.63) is 72.3 Å². The monoisotopic (exact) mass is 300 g/mol. The van der Waals surface area contributed by atoms with Crippen LogP contribution in [0.15, 0.2) is 76.1 Å². The van der Waals surface area contributed by atoms with Crippen molar-refractivity contribution in [1.29, 1.82) is 0 Å². The van der Waals surface area contributed by atoms with Gasteiger partial charge in [-0.3, -0.25) is 4.99 Å². The highest BCUT2D eigenvalue weighted by atomic mass is 16.3. The van der Waals surface area contributed by atoms with E-state index in [4.69, 9.17) is 10.2 Å². The zero-order chi connectivity index (χ0) is 15.8. The lowest BCUT2D eigenvalue weighted by molar-refractivity contribution is 0.670. The summed E-state index contributed by atoms with van der Waals surface area (Å²) in [7, 11) is 1.70. The lowest BCUT2D eigenvalue weighted by atomic mass is 10.0. The number of hydrogen-bond donors (Lipinski definition) is 1. The Kier molecular flexibility index (Phi) is 3.12. The van der Waals surface area contributed by atoms with Gasteiger partial charge in [0.15, 0.2) is 0 Å². The Morgan fingerprint density at radius 2 is 1.70 bits per heavy atom. The number of aliphatic imine (C=N–C) groups is 1. The average molecular weight is 300 g/mol. The molecule has 1 heterocycles. The second kappa shape index (κ2) is 5.29. The number of rotatable bonds is 2.